The molecule has 0 aliphatic rings. The molecule has 3 N–H and O–H groups in total. The monoisotopic (exact) mass is 410 g/mol. The van der Waals surface area contributed by atoms with Crippen molar-refractivity contribution in [1.29, 1.82) is 0 Å². The largest absolute Gasteiger partial charge is 0.550 e. The number of carbonyl (C=O) groups is 2. The zero-order valence-corrected chi connectivity index (χ0v) is 19.4. The molecule has 0 aliphatic carbocycles. The zero-order valence-electron chi connectivity index (χ0n) is 19.4. The summed E-state index contributed by atoms with van der Waals surface area (Å²) in [6.45, 7) is 7.64. The van der Waals surface area contributed by atoms with E-state index in [1.54, 1.807) is 0 Å². The Bertz CT molecular complexity index is 393. The van der Waals surface area contributed by atoms with Crippen molar-refractivity contribution in [3.63, 3.8) is 0 Å². The molecule has 0 spiro atoms. The molecule has 170 valence electrons. The molecule has 0 aliphatic heterocycles. The van der Waals surface area contributed by atoms with Gasteiger partial charge in [0.15, 0.2) is 12.4 Å². The number of aromatic nitrogens is 1. The molecular weight excluding hydrogens is 364 g/mol. The molecule has 1 aromatic rings. The number of amides is 1. The van der Waals surface area contributed by atoms with E-state index in [1.165, 1.54) is 64.2 Å². The number of carbonyl (C=O) groups excluding carboxylic acids is 2. The molecule has 0 bridgehead atoms. The van der Waals surface area contributed by atoms with Crippen LogP contribution in [0.15, 0.2) is 30.6 Å². The summed E-state index contributed by atoms with van der Waals surface area (Å²) in [6.07, 6.45) is 19.9. The molecule has 0 aromatic carbocycles. The molecule has 0 saturated carbocycles. The third-order valence-electron chi connectivity index (χ3n) is 3.84. The van der Waals surface area contributed by atoms with Crippen LogP contribution in [0.5, 0.6) is 0 Å². The first-order valence-corrected chi connectivity index (χ1v) is 11.3. The summed E-state index contributed by atoms with van der Waals surface area (Å²) < 4.78 is 0. The highest BCUT2D eigenvalue weighted by Crippen LogP contribution is 2.10. The number of aromatic amines is 1. The van der Waals surface area contributed by atoms with Gasteiger partial charge in [-0.25, -0.2) is 4.98 Å². The minimum atomic E-state index is -1.08. The quantitative estimate of drug-likeness (QED) is 0.499. The fraction of sp³-hybridized carbons (Fsp3) is 0.708. The van der Waals surface area contributed by atoms with Gasteiger partial charge in [-0.05, 0) is 13.3 Å². The third-order valence-corrected chi connectivity index (χ3v) is 3.84. The minimum Gasteiger partial charge on any atom is -0.550 e. The number of pyridine rings is 1. The fourth-order valence-electron chi connectivity index (χ4n) is 2.31. The fourth-order valence-corrected chi connectivity index (χ4v) is 2.31. The van der Waals surface area contributed by atoms with E-state index in [4.69, 9.17) is 15.6 Å². The number of nitrogens with two attached hydrogens (primary N) is 1. The zero-order chi connectivity index (χ0) is 22.6. The van der Waals surface area contributed by atoms with Gasteiger partial charge in [-0.3, -0.25) is 4.79 Å². The topological polar surface area (TPSA) is 97.4 Å². The number of nitrogens with one attached hydrogen (secondary N) is 1. The van der Waals surface area contributed by atoms with Crippen LogP contribution in [0.3, 0.4) is 0 Å². The van der Waals surface area contributed by atoms with E-state index in [0.717, 1.165) is 19.8 Å². The smallest absolute Gasteiger partial charge is 0.217 e. The van der Waals surface area contributed by atoms with Crippen LogP contribution >= 0.6 is 0 Å². The van der Waals surface area contributed by atoms with Crippen molar-refractivity contribution in [2.24, 2.45) is 5.73 Å². The Balaban J connectivity index is -0.000000368. The molecule has 0 saturated heterocycles. The number of carboxylic acids is 1. The molecule has 1 amide bonds. The predicted molar refractivity (Wildman–Crippen MR) is 120 cm³/mol. The van der Waals surface area contributed by atoms with Gasteiger partial charge < -0.3 is 15.6 Å². The lowest BCUT2D eigenvalue weighted by molar-refractivity contribution is -0.378. The molecule has 5 nitrogen and oxygen atoms in total. The van der Waals surface area contributed by atoms with Crippen LogP contribution in [0.2, 0.25) is 0 Å². The van der Waals surface area contributed by atoms with E-state index in [1.807, 2.05) is 30.6 Å². The Morgan fingerprint density at radius 2 is 1.10 bits per heavy atom. The Hall–Kier alpha value is -1.91. The van der Waals surface area contributed by atoms with Crippen molar-refractivity contribution >= 4 is 11.9 Å². The second-order valence-corrected chi connectivity index (χ2v) is 6.97. The summed E-state index contributed by atoms with van der Waals surface area (Å²) in [7, 11) is 0. The van der Waals surface area contributed by atoms with Crippen LogP contribution in [0.4, 0.5) is 0 Å². The molecule has 0 atom stereocenters. The minimum absolute atomic E-state index is 0.159. The summed E-state index contributed by atoms with van der Waals surface area (Å²) in [5, 5.41) is 8.89. The lowest BCUT2D eigenvalue weighted by Crippen LogP contribution is -2.16. The van der Waals surface area contributed by atoms with Crippen molar-refractivity contribution in [2.45, 2.75) is 111 Å². The molecule has 5 heteroatoms. The Labute approximate surface area is 179 Å². The maximum atomic E-state index is 10.4. The summed E-state index contributed by atoms with van der Waals surface area (Å²) in [4.78, 5) is 22.2. The lowest BCUT2D eigenvalue weighted by atomic mass is 10.1. The van der Waals surface area contributed by atoms with E-state index in [-0.39, 0.29) is 5.91 Å². The summed E-state index contributed by atoms with van der Waals surface area (Å²) >= 11 is 0. The third kappa shape index (κ3) is 51.8. The maximum absolute atomic E-state index is 10.4. The SMILES string of the molecule is CC(=O)[O-].CCCCC.CCCCCCCCCCCC(N)=O.c1cc[nH+]cc1. The highest BCUT2D eigenvalue weighted by Gasteiger charge is 1.94. The second-order valence-electron chi connectivity index (χ2n) is 6.97. The first-order chi connectivity index (χ1) is 13.9. The molecule has 0 unspecified atom stereocenters. The van der Waals surface area contributed by atoms with Crippen LogP contribution in [0, 0.1) is 0 Å². The van der Waals surface area contributed by atoms with Crippen LogP contribution < -0.4 is 15.8 Å². The molecule has 1 aromatic heterocycles. The van der Waals surface area contributed by atoms with Crippen molar-refractivity contribution in [3.8, 4) is 0 Å². The number of hydrogen-bond acceptors (Lipinski definition) is 3. The molecule has 1 heterocycles. The van der Waals surface area contributed by atoms with E-state index in [2.05, 4.69) is 25.8 Å². The van der Waals surface area contributed by atoms with Crippen molar-refractivity contribution in [1.82, 2.24) is 0 Å². The number of primary amides is 1. The highest BCUT2D eigenvalue weighted by molar-refractivity contribution is 5.73. The van der Waals surface area contributed by atoms with Crippen LogP contribution in [-0.4, -0.2) is 11.9 Å². The van der Waals surface area contributed by atoms with Crippen molar-refractivity contribution in [2.75, 3.05) is 0 Å². The van der Waals surface area contributed by atoms with Gasteiger partial charge in [0.25, 0.3) is 0 Å². The van der Waals surface area contributed by atoms with Gasteiger partial charge in [-0.1, -0.05) is 97.5 Å². The Kier molecular flexibility index (Phi) is 33.8. The summed E-state index contributed by atoms with van der Waals surface area (Å²) in [6, 6.07) is 5.86. The van der Waals surface area contributed by atoms with Crippen molar-refractivity contribution < 1.29 is 19.7 Å². The van der Waals surface area contributed by atoms with Gasteiger partial charge >= 0.3 is 0 Å². The molecule has 29 heavy (non-hydrogen) atoms. The molecule has 0 fully saturated rings. The molecular formula is C24H46N2O3. The summed E-state index contributed by atoms with van der Waals surface area (Å²) in [5.74, 6) is -1.24. The first-order valence-electron chi connectivity index (χ1n) is 11.3. The van der Waals surface area contributed by atoms with Gasteiger partial charge in [0.05, 0.1) is 0 Å². The maximum Gasteiger partial charge on any atom is 0.217 e. The predicted octanol–water partition coefficient (Wildman–Crippen LogP) is 4.85. The lowest BCUT2D eigenvalue weighted by Gasteiger charge is -2.00. The Morgan fingerprint density at radius 1 is 0.724 bits per heavy atom. The van der Waals surface area contributed by atoms with Crippen LogP contribution in [0.25, 0.3) is 0 Å². The summed E-state index contributed by atoms with van der Waals surface area (Å²) in [5.41, 5.74) is 5.05. The highest BCUT2D eigenvalue weighted by atomic mass is 16.4. The molecule has 0 radical (unpaired) electrons. The van der Waals surface area contributed by atoms with Crippen molar-refractivity contribution in [3.05, 3.63) is 30.6 Å². The van der Waals surface area contributed by atoms with Gasteiger partial charge in [-0.15, -0.1) is 0 Å². The number of aliphatic carboxylic acids is 1. The first kappa shape index (κ1) is 31.8. The standard InChI is InChI=1S/C12H25NO.C5H5N.C5H12.C2H4O2/c1-2-3-4-5-6-7-8-9-10-11-12(13)14;1-2-4-6-5-3-1;1-3-5-4-2;1-2(3)4/h2-11H2,1H3,(H2,13,14);1-5H;3-5H2,1-2H3;1H3,(H,3,4). The van der Waals surface area contributed by atoms with Gasteiger partial charge in [0.1, 0.15) is 0 Å². The molecule has 1 rings (SSSR count). The number of H-pyrrole nitrogens is 1. The van der Waals surface area contributed by atoms with Gasteiger partial charge in [-0.2, -0.15) is 0 Å². The van der Waals surface area contributed by atoms with Crippen LogP contribution in [-0.2, 0) is 9.59 Å². The van der Waals surface area contributed by atoms with E-state index >= 15 is 0 Å². The van der Waals surface area contributed by atoms with E-state index in [0.29, 0.717) is 6.42 Å². The normalized spacial score (nSPS) is 8.97. The van der Waals surface area contributed by atoms with Crippen LogP contribution in [0.1, 0.15) is 111 Å². The number of unbranched alkanes of at least 4 members (excludes halogenated alkanes) is 10. The van der Waals surface area contributed by atoms with Gasteiger partial charge in [0.2, 0.25) is 5.91 Å². The average molecular weight is 411 g/mol. The second kappa shape index (κ2) is 30.8. The van der Waals surface area contributed by atoms with E-state index in [9.17, 15) is 4.79 Å². The number of carboxylic acid groups (broad SMARTS) is 1. The van der Waals surface area contributed by atoms with E-state index < -0.39 is 5.97 Å². The van der Waals surface area contributed by atoms with Gasteiger partial charge in [0, 0.05) is 24.5 Å². The Morgan fingerprint density at radius 3 is 1.34 bits per heavy atom. The average Bonchev–Trinajstić information content (AvgIpc) is 2.69. The number of rotatable bonds is 12. The number of hydrogen-bond donors (Lipinski definition) is 1.